The molecule has 4 aromatic rings. The number of fused-ring (bicyclic) bond motifs is 1. The molecule has 4 rings (SSSR count). The van der Waals surface area contributed by atoms with Gasteiger partial charge in [0.15, 0.2) is 0 Å². The van der Waals surface area contributed by atoms with Crippen molar-refractivity contribution >= 4 is 22.6 Å². The van der Waals surface area contributed by atoms with Gasteiger partial charge in [0.1, 0.15) is 11.3 Å². The first-order valence-electron chi connectivity index (χ1n) is 9.18. The Morgan fingerprint density at radius 1 is 1.14 bits per heavy atom. The summed E-state index contributed by atoms with van der Waals surface area (Å²) < 4.78 is 12.4. The van der Waals surface area contributed by atoms with E-state index in [1.807, 2.05) is 38.2 Å². The zero-order valence-corrected chi connectivity index (χ0v) is 16.0. The second-order valence-corrected chi connectivity index (χ2v) is 6.47. The third-order valence-corrected chi connectivity index (χ3v) is 4.38. The van der Waals surface area contributed by atoms with Crippen molar-refractivity contribution in [2.45, 2.75) is 13.8 Å². The van der Waals surface area contributed by atoms with Crippen LogP contribution in [0.5, 0.6) is 5.75 Å². The number of nitrogens with one attached hydrogen (secondary N) is 1. The van der Waals surface area contributed by atoms with E-state index >= 15 is 0 Å². The fourth-order valence-electron chi connectivity index (χ4n) is 3.04. The van der Waals surface area contributed by atoms with Gasteiger partial charge in [-0.25, -0.2) is 9.48 Å². The molecule has 0 aliphatic carbocycles. The van der Waals surface area contributed by atoms with Crippen molar-refractivity contribution in [3.05, 3.63) is 82.5 Å². The number of benzene rings is 2. The van der Waals surface area contributed by atoms with Crippen molar-refractivity contribution in [2.24, 2.45) is 0 Å². The van der Waals surface area contributed by atoms with Gasteiger partial charge >= 0.3 is 5.63 Å². The van der Waals surface area contributed by atoms with Crippen molar-refractivity contribution < 1.29 is 13.9 Å². The van der Waals surface area contributed by atoms with Crippen LogP contribution in [0.4, 0.5) is 5.69 Å². The lowest BCUT2D eigenvalue weighted by molar-refractivity contribution is 0.102. The van der Waals surface area contributed by atoms with Gasteiger partial charge in [-0.05, 0) is 56.3 Å². The number of carbonyl (C=O) groups excluding carboxylic acids is 1. The Balaban J connectivity index is 1.61. The highest BCUT2D eigenvalue weighted by Gasteiger charge is 2.14. The summed E-state index contributed by atoms with van der Waals surface area (Å²) in [6, 6.07) is 15.4. The molecule has 0 fully saturated rings. The zero-order valence-electron chi connectivity index (χ0n) is 16.0. The fourth-order valence-corrected chi connectivity index (χ4v) is 3.04. The maximum atomic E-state index is 12.8. The number of carbonyl (C=O) groups is 1. The fraction of sp³-hybridized carbons (Fsp3) is 0.136. The third-order valence-electron chi connectivity index (χ3n) is 4.38. The first kappa shape index (κ1) is 18.5. The van der Waals surface area contributed by atoms with Crippen molar-refractivity contribution in [3.63, 3.8) is 0 Å². The average Bonchev–Trinajstić information content (AvgIpc) is 3.14. The van der Waals surface area contributed by atoms with E-state index in [-0.39, 0.29) is 5.56 Å². The van der Waals surface area contributed by atoms with Crippen LogP contribution < -0.4 is 15.7 Å². The molecule has 0 unspecified atom stereocenters. The van der Waals surface area contributed by atoms with E-state index < -0.39 is 11.5 Å². The second-order valence-electron chi connectivity index (χ2n) is 6.47. The molecule has 2 aromatic carbocycles. The van der Waals surface area contributed by atoms with E-state index in [2.05, 4.69) is 10.4 Å². The van der Waals surface area contributed by atoms with Crippen molar-refractivity contribution in [3.8, 4) is 11.4 Å². The molecule has 0 aliphatic heterocycles. The molecule has 146 valence electrons. The Labute approximate surface area is 166 Å². The number of rotatable bonds is 5. The normalized spacial score (nSPS) is 10.8. The van der Waals surface area contributed by atoms with Gasteiger partial charge in [-0.1, -0.05) is 0 Å². The summed E-state index contributed by atoms with van der Waals surface area (Å²) >= 11 is 0. The lowest BCUT2D eigenvalue weighted by Gasteiger charge is -2.09. The molecule has 0 radical (unpaired) electrons. The summed E-state index contributed by atoms with van der Waals surface area (Å²) in [6.07, 6.45) is 1.87. The van der Waals surface area contributed by atoms with E-state index in [0.717, 1.165) is 11.4 Å². The summed E-state index contributed by atoms with van der Waals surface area (Å²) in [4.78, 5) is 24.7. The summed E-state index contributed by atoms with van der Waals surface area (Å²) in [5.74, 6) is 0.180. The highest BCUT2D eigenvalue weighted by atomic mass is 16.5. The molecule has 0 atom stereocenters. The zero-order chi connectivity index (χ0) is 20.4. The van der Waals surface area contributed by atoms with Crippen LogP contribution in [-0.4, -0.2) is 22.3 Å². The Hall–Kier alpha value is -3.87. The molecule has 1 N–H and O–H groups in total. The molecule has 0 saturated heterocycles. The highest BCUT2D eigenvalue weighted by Crippen LogP contribution is 2.24. The van der Waals surface area contributed by atoms with Gasteiger partial charge in [-0.2, -0.15) is 5.10 Å². The Bertz CT molecular complexity index is 1240. The number of nitrogens with zero attached hydrogens (tertiary/aromatic N) is 2. The van der Waals surface area contributed by atoms with Gasteiger partial charge in [-0.15, -0.1) is 0 Å². The van der Waals surface area contributed by atoms with E-state index in [4.69, 9.17) is 9.15 Å². The van der Waals surface area contributed by atoms with Crippen LogP contribution in [0.2, 0.25) is 0 Å². The van der Waals surface area contributed by atoms with E-state index in [9.17, 15) is 9.59 Å². The van der Waals surface area contributed by atoms with E-state index in [0.29, 0.717) is 29.0 Å². The molecular weight excluding hydrogens is 370 g/mol. The number of hydrogen-bond donors (Lipinski definition) is 1. The van der Waals surface area contributed by atoms with Gasteiger partial charge in [-0.3, -0.25) is 4.79 Å². The SMILES string of the molecule is CCOc1ccc2c(C(=O)Nc3ccc(-n4ccc(C)n4)cc3)cc(=O)oc2c1. The van der Waals surface area contributed by atoms with Gasteiger partial charge < -0.3 is 14.5 Å². The minimum Gasteiger partial charge on any atom is -0.494 e. The Morgan fingerprint density at radius 2 is 1.93 bits per heavy atom. The average molecular weight is 389 g/mol. The van der Waals surface area contributed by atoms with Crippen molar-refractivity contribution in [2.75, 3.05) is 11.9 Å². The third kappa shape index (κ3) is 3.89. The van der Waals surface area contributed by atoms with Crippen molar-refractivity contribution in [1.82, 2.24) is 9.78 Å². The summed E-state index contributed by atoms with van der Waals surface area (Å²) in [6.45, 7) is 4.27. The second kappa shape index (κ2) is 7.63. The van der Waals surface area contributed by atoms with E-state index in [1.165, 1.54) is 6.07 Å². The first-order chi connectivity index (χ1) is 14.0. The molecular formula is C22H19N3O4. The number of amides is 1. The van der Waals surface area contributed by atoms with Crippen LogP contribution >= 0.6 is 0 Å². The van der Waals surface area contributed by atoms with Crippen LogP contribution in [-0.2, 0) is 0 Å². The largest absolute Gasteiger partial charge is 0.494 e. The van der Waals surface area contributed by atoms with Gasteiger partial charge in [0.2, 0.25) is 0 Å². The lowest BCUT2D eigenvalue weighted by Crippen LogP contribution is -2.15. The van der Waals surface area contributed by atoms with Crippen LogP contribution in [0.15, 0.2) is 70.0 Å². The first-order valence-corrected chi connectivity index (χ1v) is 9.18. The molecule has 7 heteroatoms. The van der Waals surface area contributed by atoms with Gasteiger partial charge in [0, 0.05) is 29.4 Å². The minimum atomic E-state index is -0.597. The summed E-state index contributed by atoms with van der Waals surface area (Å²) in [5, 5.41) is 7.71. The molecule has 29 heavy (non-hydrogen) atoms. The minimum absolute atomic E-state index is 0.242. The molecule has 2 heterocycles. The van der Waals surface area contributed by atoms with Crippen molar-refractivity contribution in [1.29, 1.82) is 0 Å². The maximum Gasteiger partial charge on any atom is 0.337 e. The molecule has 1 amide bonds. The standard InChI is InChI=1S/C22H19N3O4/c1-3-28-17-8-9-18-19(13-21(26)29-20(18)12-17)22(27)23-15-4-6-16(7-5-15)25-11-10-14(2)24-25/h4-13H,3H2,1-2H3,(H,23,27). The topological polar surface area (TPSA) is 86.4 Å². The predicted octanol–water partition coefficient (Wildman–Crippen LogP) is 3.94. The molecule has 0 saturated carbocycles. The predicted molar refractivity (Wildman–Crippen MR) is 110 cm³/mol. The molecule has 7 nitrogen and oxygen atoms in total. The van der Waals surface area contributed by atoms with Gasteiger partial charge in [0.05, 0.1) is 23.6 Å². The molecule has 2 aromatic heterocycles. The van der Waals surface area contributed by atoms with Crippen LogP contribution in [0, 0.1) is 6.92 Å². The molecule has 0 spiro atoms. The summed E-state index contributed by atoms with van der Waals surface area (Å²) in [7, 11) is 0. The van der Waals surface area contributed by atoms with Crippen LogP contribution in [0.3, 0.4) is 0 Å². The maximum absolute atomic E-state index is 12.8. The number of anilines is 1. The lowest BCUT2D eigenvalue weighted by atomic mass is 10.1. The molecule has 0 aliphatic rings. The molecule has 0 bridgehead atoms. The number of aromatic nitrogens is 2. The monoisotopic (exact) mass is 389 g/mol. The smallest absolute Gasteiger partial charge is 0.337 e. The quantitative estimate of drug-likeness (QED) is 0.523. The Kier molecular flexibility index (Phi) is 4.87. The Morgan fingerprint density at radius 3 is 2.62 bits per heavy atom. The highest BCUT2D eigenvalue weighted by molar-refractivity contribution is 6.12. The van der Waals surface area contributed by atoms with E-state index in [1.54, 1.807) is 35.0 Å². The number of ether oxygens (including phenoxy) is 1. The summed E-state index contributed by atoms with van der Waals surface area (Å²) in [5.41, 5.74) is 2.36. The number of aryl methyl sites for hydroxylation is 1. The van der Waals surface area contributed by atoms with Crippen LogP contribution in [0.25, 0.3) is 16.7 Å². The number of hydrogen-bond acceptors (Lipinski definition) is 5. The van der Waals surface area contributed by atoms with Gasteiger partial charge in [0.25, 0.3) is 5.91 Å². The van der Waals surface area contributed by atoms with Crippen LogP contribution in [0.1, 0.15) is 23.0 Å².